The first kappa shape index (κ1) is 14.0. The Balaban J connectivity index is 2.30. The van der Waals surface area contributed by atoms with Crippen molar-refractivity contribution in [2.24, 2.45) is 17.6 Å². The number of carbonyl (C=O) groups excluding carboxylic acids is 1. The second-order valence-electron chi connectivity index (χ2n) is 5.12. The third-order valence-electron chi connectivity index (χ3n) is 3.57. The SMILES string of the molecule is Cc1cccc(S(=O)(=O)N2C[C@@H](C)[C@H](C(N)=O)C2)c1. The largest absolute Gasteiger partial charge is 0.369 e. The van der Waals surface area contributed by atoms with Crippen molar-refractivity contribution in [3.8, 4) is 0 Å². The van der Waals surface area contributed by atoms with E-state index in [1.165, 1.54) is 4.31 Å². The van der Waals surface area contributed by atoms with Crippen LogP contribution in [0.15, 0.2) is 29.2 Å². The van der Waals surface area contributed by atoms with Crippen molar-refractivity contribution >= 4 is 15.9 Å². The first-order valence-corrected chi connectivity index (χ1v) is 7.62. The summed E-state index contributed by atoms with van der Waals surface area (Å²) in [6.07, 6.45) is 0. The van der Waals surface area contributed by atoms with Gasteiger partial charge in [-0.05, 0) is 30.5 Å². The van der Waals surface area contributed by atoms with E-state index < -0.39 is 21.8 Å². The van der Waals surface area contributed by atoms with Crippen molar-refractivity contribution in [2.75, 3.05) is 13.1 Å². The van der Waals surface area contributed by atoms with Crippen molar-refractivity contribution in [2.45, 2.75) is 18.7 Å². The predicted octanol–water partition coefficient (Wildman–Crippen LogP) is 0.737. The van der Waals surface area contributed by atoms with Gasteiger partial charge >= 0.3 is 0 Å². The maximum atomic E-state index is 12.5. The van der Waals surface area contributed by atoms with Gasteiger partial charge in [-0.15, -0.1) is 0 Å². The Morgan fingerprint density at radius 3 is 2.58 bits per heavy atom. The summed E-state index contributed by atoms with van der Waals surface area (Å²) in [6, 6.07) is 6.77. The summed E-state index contributed by atoms with van der Waals surface area (Å²) >= 11 is 0. The Labute approximate surface area is 113 Å². The molecule has 6 heteroatoms. The molecule has 19 heavy (non-hydrogen) atoms. The van der Waals surface area contributed by atoms with Crippen LogP contribution in [0.1, 0.15) is 12.5 Å². The van der Waals surface area contributed by atoms with E-state index in [9.17, 15) is 13.2 Å². The van der Waals surface area contributed by atoms with Gasteiger partial charge in [0, 0.05) is 13.1 Å². The molecule has 0 aliphatic carbocycles. The molecule has 2 atom stereocenters. The van der Waals surface area contributed by atoms with E-state index in [0.717, 1.165) is 5.56 Å². The van der Waals surface area contributed by atoms with Crippen molar-refractivity contribution in [3.05, 3.63) is 29.8 Å². The molecule has 1 aromatic rings. The fraction of sp³-hybridized carbons (Fsp3) is 0.462. The van der Waals surface area contributed by atoms with Crippen LogP contribution < -0.4 is 5.73 Å². The molecular weight excluding hydrogens is 264 g/mol. The summed E-state index contributed by atoms with van der Waals surface area (Å²) in [4.78, 5) is 11.5. The summed E-state index contributed by atoms with van der Waals surface area (Å²) < 4.78 is 26.3. The van der Waals surface area contributed by atoms with Gasteiger partial charge in [-0.1, -0.05) is 19.1 Å². The maximum Gasteiger partial charge on any atom is 0.243 e. The Morgan fingerprint density at radius 1 is 1.37 bits per heavy atom. The lowest BCUT2D eigenvalue weighted by molar-refractivity contribution is -0.122. The molecule has 5 nitrogen and oxygen atoms in total. The number of hydrogen-bond acceptors (Lipinski definition) is 3. The van der Waals surface area contributed by atoms with Gasteiger partial charge in [-0.2, -0.15) is 4.31 Å². The highest BCUT2D eigenvalue weighted by molar-refractivity contribution is 7.89. The lowest BCUT2D eigenvalue weighted by Crippen LogP contribution is -2.32. The molecule has 1 fully saturated rings. The van der Waals surface area contributed by atoms with Gasteiger partial charge in [0.1, 0.15) is 0 Å². The van der Waals surface area contributed by atoms with Gasteiger partial charge in [0.15, 0.2) is 0 Å². The van der Waals surface area contributed by atoms with Crippen LogP contribution in [0.3, 0.4) is 0 Å². The summed E-state index contributed by atoms with van der Waals surface area (Å²) in [5, 5.41) is 0. The van der Waals surface area contributed by atoms with Gasteiger partial charge in [0.25, 0.3) is 0 Å². The van der Waals surface area contributed by atoms with Crippen LogP contribution in [-0.2, 0) is 14.8 Å². The highest BCUT2D eigenvalue weighted by Crippen LogP contribution is 2.28. The topological polar surface area (TPSA) is 80.5 Å². The molecule has 0 radical (unpaired) electrons. The number of rotatable bonds is 3. The molecule has 1 aliphatic rings. The lowest BCUT2D eigenvalue weighted by atomic mass is 9.98. The number of nitrogens with zero attached hydrogens (tertiary/aromatic N) is 1. The van der Waals surface area contributed by atoms with Crippen molar-refractivity contribution in [3.63, 3.8) is 0 Å². The Bertz CT molecular complexity index is 598. The third-order valence-corrected chi connectivity index (χ3v) is 5.40. The zero-order chi connectivity index (χ0) is 14.2. The molecule has 1 aromatic carbocycles. The number of aryl methyl sites for hydroxylation is 1. The number of sulfonamides is 1. The van der Waals surface area contributed by atoms with E-state index in [2.05, 4.69) is 0 Å². The Hall–Kier alpha value is -1.40. The summed E-state index contributed by atoms with van der Waals surface area (Å²) in [5.74, 6) is -0.883. The molecule has 1 heterocycles. The quantitative estimate of drug-likeness (QED) is 0.887. The van der Waals surface area contributed by atoms with Crippen LogP contribution in [0.5, 0.6) is 0 Å². The van der Waals surface area contributed by atoms with E-state index in [0.29, 0.717) is 6.54 Å². The number of benzene rings is 1. The van der Waals surface area contributed by atoms with Crippen molar-refractivity contribution in [1.82, 2.24) is 4.31 Å². The zero-order valence-electron chi connectivity index (χ0n) is 11.0. The summed E-state index contributed by atoms with van der Waals surface area (Å²) in [6.45, 7) is 4.20. The Kier molecular flexibility index (Phi) is 3.64. The molecule has 1 amide bonds. The average molecular weight is 282 g/mol. The van der Waals surface area contributed by atoms with Gasteiger partial charge < -0.3 is 5.73 Å². The minimum atomic E-state index is -3.54. The molecule has 2 N–H and O–H groups in total. The van der Waals surface area contributed by atoms with Crippen molar-refractivity contribution in [1.29, 1.82) is 0 Å². The first-order valence-electron chi connectivity index (χ1n) is 6.18. The second-order valence-corrected chi connectivity index (χ2v) is 7.06. The van der Waals surface area contributed by atoms with Crippen LogP contribution in [0.25, 0.3) is 0 Å². The standard InChI is InChI=1S/C13H18N2O3S/c1-9-4-3-5-11(6-9)19(17,18)15-7-10(2)12(8-15)13(14)16/h3-6,10,12H,7-8H2,1-2H3,(H2,14,16)/t10-,12-/m1/s1. The second kappa shape index (κ2) is 4.94. The average Bonchev–Trinajstić information content (AvgIpc) is 2.72. The summed E-state index contributed by atoms with van der Waals surface area (Å²) in [7, 11) is -3.54. The molecule has 1 saturated heterocycles. The number of amides is 1. The third kappa shape index (κ3) is 2.64. The van der Waals surface area contributed by atoms with Gasteiger partial charge in [-0.25, -0.2) is 8.42 Å². The minimum Gasteiger partial charge on any atom is -0.369 e. The van der Waals surface area contributed by atoms with Crippen LogP contribution in [0.4, 0.5) is 0 Å². The molecule has 1 aliphatic heterocycles. The smallest absolute Gasteiger partial charge is 0.243 e. The van der Waals surface area contributed by atoms with E-state index in [1.807, 2.05) is 19.9 Å². The van der Waals surface area contributed by atoms with Gasteiger partial charge in [-0.3, -0.25) is 4.79 Å². The van der Waals surface area contributed by atoms with Crippen molar-refractivity contribution < 1.29 is 13.2 Å². The molecule has 0 bridgehead atoms. The molecule has 0 unspecified atom stereocenters. The number of hydrogen-bond donors (Lipinski definition) is 1. The fourth-order valence-electron chi connectivity index (χ4n) is 2.41. The molecule has 104 valence electrons. The molecule has 0 saturated carbocycles. The normalized spacial score (nSPS) is 24.5. The zero-order valence-corrected chi connectivity index (χ0v) is 11.9. The van der Waals surface area contributed by atoms with Crippen LogP contribution in [0.2, 0.25) is 0 Å². The lowest BCUT2D eigenvalue weighted by Gasteiger charge is -2.16. The number of nitrogens with two attached hydrogens (primary N) is 1. The molecule has 0 aromatic heterocycles. The predicted molar refractivity (Wildman–Crippen MR) is 71.8 cm³/mol. The van der Waals surface area contributed by atoms with E-state index >= 15 is 0 Å². The highest BCUT2D eigenvalue weighted by atomic mass is 32.2. The molecule has 0 spiro atoms. The van der Waals surface area contributed by atoms with E-state index in [-0.39, 0.29) is 17.4 Å². The Morgan fingerprint density at radius 2 is 2.05 bits per heavy atom. The number of carbonyl (C=O) groups is 1. The van der Waals surface area contributed by atoms with E-state index in [4.69, 9.17) is 5.73 Å². The van der Waals surface area contributed by atoms with Crippen LogP contribution in [-0.4, -0.2) is 31.7 Å². The monoisotopic (exact) mass is 282 g/mol. The molecule has 2 rings (SSSR count). The highest BCUT2D eigenvalue weighted by Gasteiger charge is 2.39. The number of primary amides is 1. The van der Waals surface area contributed by atoms with Crippen LogP contribution >= 0.6 is 0 Å². The maximum absolute atomic E-state index is 12.5. The fourth-order valence-corrected chi connectivity index (χ4v) is 4.09. The molecular formula is C13H18N2O3S. The first-order chi connectivity index (χ1) is 8.82. The van der Waals surface area contributed by atoms with E-state index in [1.54, 1.807) is 18.2 Å². The van der Waals surface area contributed by atoms with Crippen LogP contribution in [0, 0.1) is 18.8 Å². The van der Waals surface area contributed by atoms with Gasteiger partial charge in [0.05, 0.1) is 10.8 Å². The van der Waals surface area contributed by atoms with Gasteiger partial charge in [0.2, 0.25) is 15.9 Å². The summed E-state index contributed by atoms with van der Waals surface area (Å²) in [5.41, 5.74) is 6.18. The minimum absolute atomic E-state index is 0.0444.